The van der Waals surface area contributed by atoms with Gasteiger partial charge >= 0.3 is 0 Å². The molecule has 1 rings (SSSR count). The molecule has 0 aliphatic heterocycles. The minimum absolute atomic E-state index is 0.0261. The predicted molar refractivity (Wildman–Crippen MR) is 66.9 cm³/mol. The number of amides is 1. The fourth-order valence-electron chi connectivity index (χ4n) is 1.14. The van der Waals surface area contributed by atoms with Crippen LogP contribution >= 0.6 is 23.2 Å². The first-order valence-electron chi connectivity index (χ1n) is 4.85. The van der Waals surface area contributed by atoms with Crippen molar-refractivity contribution in [2.75, 3.05) is 20.6 Å². The zero-order valence-corrected chi connectivity index (χ0v) is 10.8. The highest BCUT2D eigenvalue weighted by atomic mass is 35.5. The van der Waals surface area contributed by atoms with E-state index in [1.54, 1.807) is 32.3 Å². The van der Waals surface area contributed by atoms with Crippen LogP contribution in [0.3, 0.4) is 0 Å². The topological polar surface area (TPSA) is 32.3 Å². The molecule has 1 aromatic carbocycles. The lowest BCUT2D eigenvalue weighted by atomic mass is 10.2. The normalized spacial score (nSPS) is 10.2. The maximum absolute atomic E-state index is 11.3. The molecule has 0 fully saturated rings. The average Bonchev–Trinajstić information content (AvgIpc) is 2.22. The van der Waals surface area contributed by atoms with Gasteiger partial charge in [0.25, 0.3) is 0 Å². The molecular formula is C11H14Cl2N2O. The Morgan fingerprint density at radius 1 is 1.38 bits per heavy atom. The smallest absolute Gasteiger partial charge is 0.236 e. The van der Waals surface area contributed by atoms with Crippen molar-refractivity contribution >= 4 is 29.1 Å². The number of halogens is 2. The van der Waals surface area contributed by atoms with Gasteiger partial charge in [0.2, 0.25) is 5.91 Å². The Bertz CT molecular complexity index is 380. The highest BCUT2D eigenvalue weighted by Crippen LogP contribution is 2.20. The van der Waals surface area contributed by atoms with E-state index in [0.29, 0.717) is 16.6 Å². The summed E-state index contributed by atoms with van der Waals surface area (Å²) in [4.78, 5) is 12.8. The van der Waals surface area contributed by atoms with E-state index in [4.69, 9.17) is 23.2 Å². The van der Waals surface area contributed by atoms with Crippen molar-refractivity contribution in [2.45, 2.75) is 6.54 Å². The summed E-state index contributed by atoms with van der Waals surface area (Å²) >= 11 is 11.8. The van der Waals surface area contributed by atoms with Crippen LogP contribution in [0.25, 0.3) is 0 Å². The number of carbonyl (C=O) groups is 1. The molecular weight excluding hydrogens is 247 g/mol. The van der Waals surface area contributed by atoms with E-state index >= 15 is 0 Å². The van der Waals surface area contributed by atoms with Gasteiger partial charge in [-0.05, 0) is 23.8 Å². The van der Waals surface area contributed by atoms with Crippen molar-refractivity contribution in [3.63, 3.8) is 0 Å². The minimum atomic E-state index is 0.0261. The van der Waals surface area contributed by atoms with Crippen LogP contribution in [-0.2, 0) is 11.3 Å². The van der Waals surface area contributed by atoms with Crippen molar-refractivity contribution < 1.29 is 4.79 Å². The molecule has 0 aliphatic carbocycles. The van der Waals surface area contributed by atoms with Crippen molar-refractivity contribution in [1.82, 2.24) is 10.2 Å². The molecule has 1 aromatic rings. The maximum atomic E-state index is 11.3. The fraction of sp³-hybridized carbons (Fsp3) is 0.364. The second kappa shape index (κ2) is 6.09. The molecule has 0 unspecified atom stereocenters. The summed E-state index contributed by atoms with van der Waals surface area (Å²) in [6.45, 7) is 0.814. The summed E-state index contributed by atoms with van der Waals surface area (Å²) in [7, 11) is 3.44. The molecule has 0 radical (unpaired) electrons. The molecule has 0 saturated heterocycles. The lowest BCUT2D eigenvalue weighted by Crippen LogP contribution is -2.32. The summed E-state index contributed by atoms with van der Waals surface area (Å²) in [6.07, 6.45) is 0. The summed E-state index contributed by atoms with van der Waals surface area (Å²) in [5.74, 6) is 0.0261. The molecule has 0 aromatic heterocycles. The van der Waals surface area contributed by atoms with Gasteiger partial charge < -0.3 is 10.2 Å². The van der Waals surface area contributed by atoms with Gasteiger partial charge in [0, 0.05) is 30.7 Å². The number of nitrogens with zero attached hydrogens (tertiary/aromatic N) is 1. The molecule has 0 aliphatic rings. The first-order valence-corrected chi connectivity index (χ1v) is 5.61. The number of rotatable bonds is 4. The van der Waals surface area contributed by atoms with Crippen molar-refractivity contribution in [1.29, 1.82) is 0 Å². The van der Waals surface area contributed by atoms with Gasteiger partial charge in [-0.25, -0.2) is 0 Å². The van der Waals surface area contributed by atoms with Gasteiger partial charge in [-0.3, -0.25) is 4.79 Å². The van der Waals surface area contributed by atoms with Crippen LogP contribution < -0.4 is 5.32 Å². The van der Waals surface area contributed by atoms with Gasteiger partial charge in [-0.2, -0.15) is 0 Å². The molecule has 0 heterocycles. The van der Waals surface area contributed by atoms with Gasteiger partial charge in [0.15, 0.2) is 0 Å². The molecule has 0 spiro atoms. The molecule has 1 N–H and O–H groups in total. The van der Waals surface area contributed by atoms with Crippen LogP contribution in [0.15, 0.2) is 18.2 Å². The predicted octanol–water partition coefficient (Wildman–Crippen LogP) is 2.17. The van der Waals surface area contributed by atoms with Gasteiger partial charge in [0.05, 0.1) is 6.54 Å². The monoisotopic (exact) mass is 260 g/mol. The molecule has 1 amide bonds. The summed E-state index contributed by atoms with van der Waals surface area (Å²) in [5, 5.41) is 4.30. The summed E-state index contributed by atoms with van der Waals surface area (Å²) < 4.78 is 0. The standard InChI is InChI=1S/C11H14Cl2N2O/c1-15(2)11(16)7-14-6-8-5-9(12)3-4-10(8)13/h3-5,14H,6-7H2,1-2H3. The first-order chi connectivity index (χ1) is 7.50. The van der Waals surface area contributed by atoms with Crippen LogP contribution in [0.4, 0.5) is 0 Å². The van der Waals surface area contributed by atoms with E-state index in [9.17, 15) is 4.79 Å². The number of likely N-dealkylation sites (N-methyl/N-ethyl adjacent to an activating group) is 1. The Balaban J connectivity index is 2.49. The van der Waals surface area contributed by atoms with Gasteiger partial charge in [0.1, 0.15) is 0 Å². The van der Waals surface area contributed by atoms with E-state index in [0.717, 1.165) is 5.56 Å². The second-order valence-electron chi connectivity index (χ2n) is 3.63. The van der Waals surface area contributed by atoms with Crippen LogP contribution in [0.1, 0.15) is 5.56 Å². The Morgan fingerprint density at radius 3 is 2.69 bits per heavy atom. The molecule has 0 saturated carbocycles. The molecule has 88 valence electrons. The van der Waals surface area contributed by atoms with Crippen LogP contribution in [0, 0.1) is 0 Å². The zero-order chi connectivity index (χ0) is 12.1. The number of benzene rings is 1. The summed E-state index contributed by atoms with van der Waals surface area (Å²) in [6, 6.07) is 5.27. The Morgan fingerprint density at radius 2 is 2.06 bits per heavy atom. The third-order valence-electron chi connectivity index (χ3n) is 2.10. The SMILES string of the molecule is CN(C)C(=O)CNCc1cc(Cl)ccc1Cl. The van der Waals surface area contributed by atoms with Crippen molar-refractivity contribution in [3.05, 3.63) is 33.8 Å². The fourth-order valence-corrected chi connectivity index (χ4v) is 1.52. The van der Waals surface area contributed by atoms with Crippen molar-refractivity contribution in [2.24, 2.45) is 0 Å². The van der Waals surface area contributed by atoms with Gasteiger partial charge in [-0.15, -0.1) is 0 Å². The highest BCUT2D eigenvalue weighted by Gasteiger charge is 2.04. The van der Waals surface area contributed by atoms with Crippen LogP contribution in [-0.4, -0.2) is 31.4 Å². The van der Waals surface area contributed by atoms with E-state index in [-0.39, 0.29) is 12.5 Å². The largest absolute Gasteiger partial charge is 0.348 e. The Hall–Kier alpha value is -0.770. The van der Waals surface area contributed by atoms with E-state index in [1.807, 2.05) is 0 Å². The average molecular weight is 261 g/mol. The first kappa shape index (κ1) is 13.3. The minimum Gasteiger partial charge on any atom is -0.348 e. The van der Waals surface area contributed by atoms with Crippen molar-refractivity contribution in [3.8, 4) is 0 Å². The lowest BCUT2D eigenvalue weighted by molar-refractivity contribution is -0.127. The number of nitrogens with one attached hydrogen (secondary N) is 1. The molecule has 0 bridgehead atoms. The number of hydrogen-bond acceptors (Lipinski definition) is 2. The molecule has 16 heavy (non-hydrogen) atoms. The third-order valence-corrected chi connectivity index (χ3v) is 2.70. The highest BCUT2D eigenvalue weighted by molar-refractivity contribution is 6.33. The molecule has 0 atom stereocenters. The van der Waals surface area contributed by atoms with Crippen LogP contribution in [0.5, 0.6) is 0 Å². The Kier molecular flexibility index (Phi) is 5.06. The molecule has 3 nitrogen and oxygen atoms in total. The summed E-state index contributed by atoms with van der Waals surface area (Å²) in [5.41, 5.74) is 0.890. The van der Waals surface area contributed by atoms with E-state index < -0.39 is 0 Å². The lowest BCUT2D eigenvalue weighted by Gasteiger charge is -2.11. The van der Waals surface area contributed by atoms with E-state index in [1.165, 1.54) is 4.90 Å². The quantitative estimate of drug-likeness (QED) is 0.900. The zero-order valence-electron chi connectivity index (χ0n) is 9.26. The van der Waals surface area contributed by atoms with Crippen LogP contribution in [0.2, 0.25) is 10.0 Å². The van der Waals surface area contributed by atoms with E-state index in [2.05, 4.69) is 5.32 Å². The Labute approximate surface area is 105 Å². The molecule has 5 heteroatoms. The number of hydrogen-bond donors (Lipinski definition) is 1. The number of carbonyl (C=O) groups excluding carboxylic acids is 1. The third kappa shape index (κ3) is 4.00. The maximum Gasteiger partial charge on any atom is 0.236 e. The second-order valence-corrected chi connectivity index (χ2v) is 4.47. The van der Waals surface area contributed by atoms with Gasteiger partial charge in [-0.1, -0.05) is 23.2 Å².